The molecule has 2 aromatic rings. The van der Waals surface area contributed by atoms with E-state index in [-0.39, 0.29) is 18.4 Å². The Hall–Kier alpha value is -2.83. The van der Waals surface area contributed by atoms with Crippen molar-refractivity contribution in [3.05, 3.63) is 41.7 Å². The molecule has 0 unspecified atom stereocenters. The van der Waals surface area contributed by atoms with E-state index in [1.165, 1.54) is 10.9 Å². The van der Waals surface area contributed by atoms with Gasteiger partial charge in [0.25, 0.3) is 5.91 Å². The summed E-state index contributed by atoms with van der Waals surface area (Å²) in [7, 11) is 1.55. The number of nitrogens with zero attached hydrogens (tertiary/aromatic N) is 2. The van der Waals surface area contributed by atoms with Crippen molar-refractivity contribution in [2.45, 2.75) is 13.5 Å². The van der Waals surface area contributed by atoms with Gasteiger partial charge in [-0.25, -0.2) is 0 Å². The van der Waals surface area contributed by atoms with Gasteiger partial charge in [-0.15, -0.1) is 0 Å². The number of aryl methyl sites for hydroxylation is 1. The van der Waals surface area contributed by atoms with Crippen LogP contribution in [0.25, 0.3) is 0 Å². The van der Waals surface area contributed by atoms with Crippen LogP contribution in [0.5, 0.6) is 0 Å². The van der Waals surface area contributed by atoms with Gasteiger partial charge < -0.3 is 16.4 Å². The maximum Gasteiger partial charge on any atom is 0.257 e. The number of rotatable bonds is 4. The lowest BCUT2D eigenvalue weighted by molar-refractivity contribution is -0.121. The Bertz CT molecular complexity index is 678. The van der Waals surface area contributed by atoms with Gasteiger partial charge in [0.2, 0.25) is 5.91 Å². The molecule has 21 heavy (non-hydrogen) atoms. The van der Waals surface area contributed by atoms with E-state index in [2.05, 4.69) is 15.7 Å². The van der Waals surface area contributed by atoms with E-state index in [1.54, 1.807) is 25.4 Å². The van der Waals surface area contributed by atoms with Crippen LogP contribution in [0.3, 0.4) is 0 Å². The zero-order valence-corrected chi connectivity index (χ0v) is 11.9. The zero-order chi connectivity index (χ0) is 15.4. The first-order chi connectivity index (χ1) is 10.0. The second-order valence-electron chi connectivity index (χ2n) is 4.59. The van der Waals surface area contributed by atoms with E-state index in [9.17, 15) is 9.59 Å². The number of carbonyl (C=O) groups is 2. The molecule has 0 bridgehead atoms. The van der Waals surface area contributed by atoms with Gasteiger partial charge in [-0.1, -0.05) is 12.1 Å². The number of nitrogen functional groups attached to an aromatic ring is 1. The lowest BCUT2D eigenvalue weighted by Crippen LogP contribution is -2.23. The normalized spacial score (nSPS) is 10.2. The largest absolute Gasteiger partial charge is 0.398 e. The minimum Gasteiger partial charge on any atom is -0.398 e. The highest BCUT2D eigenvalue weighted by Gasteiger charge is 2.12. The molecule has 4 N–H and O–H groups in total. The molecule has 7 heteroatoms. The Kier molecular flexibility index (Phi) is 4.22. The number of hydrogen-bond acceptors (Lipinski definition) is 4. The molecule has 0 radical (unpaired) electrons. The smallest absolute Gasteiger partial charge is 0.257 e. The molecule has 0 spiro atoms. The molecular weight excluding hydrogens is 270 g/mol. The van der Waals surface area contributed by atoms with Crippen LogP contribution in [0.2, 0.25) is 0 Å². The standard InChI is InChI=1S/C14H17N5O2/c1-9-4-3-5-11(13(9)15)14(21)18-10-6-17-19(7-10)8-12(20)16-2/h3-7H,8,15H2,1-2H3,(H,16,20)(H,18,21). The number of amides is 2. The Morgan fingerprint density at radius 1 is 1.38 bits per heavy atom. The summed E-state index contributed by atoms with van der Waals surface area (Å²) in [5, 5.41) is 9.20. The van der Waals surface area contributed by atoms with Crippen LogP contribution in [0.1, 0.15) is 15.9 Å². The zero-order valence-electron chi connectivity index (χ0n) is 11.9. The number of carbonyl (C=O) groups excluding carboxylic acids is 2. The van der Waals surface area contributed by atoms with E-state index in [1.807, 2.05) is 13.0 Å². The Labute approximate surface area is 122 Å². The van der Waals surface area contributed by atoms with Crippen molar-refractivity contribution in [2.24, 2.45) is 0 Å². The quantitative estimate of drug-likeness (QED) is 0.723. The van der Waals surface area contributed by atoms with Crippen LogP contribution in [0, 0.1) is 6.92 Å². The van der Waals surface area contributed by atoms with Crippen LogP contribution >= 0.6 is 0 Å². The Morgan fingerprint density at radius 2 is 2.14 bits per heavy atom. The summed E-state index contributed by atoms with van der Waals surface area (Å²) in [6, 6.07) is 5.27. The number of likely N-dealkylation sites (N-methyl/N-ethyl adjacent to an activating group) is 1. The molecular formula is C14H17N5O2. The monoisotopic (exact) mass is 287 g/mol. The van der Waals surface area contributed by atoms with Crippen LogP contribution in [-0.4, -0.2) is 28.6 Å². The van der Waals surface area contributed by atoms with E-state index in [0.29, 0.717) is 16.9 Å². The Balaban J connectivity index is 2.09. The first-order valence-corrected chi connectivity index (χ1v) is 6.40. The van der Waals surface area contributed by atoms with Crippen LogP contribution in [-0.2, 0) is 11.3 Å². The third kappa shape index (κ3) is 3.38. The van der Waals surface area contributed by atoms with Crippen molar-refractivity contribution >= 4 is 23.2 Å². The summed E-state index contributed by atoms with van der Waals surface area (Å²) >= 11 is 0. The molecule has 0 aliphatic heterocycles. The summed E-state index contributed by atoms with van der Waals surface area (Å²) in [5.74, 6) is -0.477. The minimum atomic E-state index is -0.310. The number of benzene rings is 1. The molecule has 0 saturated heterocycles. The first-order valence-electron chi connectivity index (χ1n) is 6.40. The maximum absolute atomic E-state index is 12.2. The number of para-hydroxylation sites is 1. The van der Waals surface area contributed by atoms with Crippen molar-refractivity contribution in [3.63, 3.8) is 0 Å². The highest BCUT2D eigenvalue weighted by Crippen LogP contribution is 2.18. The van der Waals surface area contributed by atoms with Crippen molar-refractivity contribution in [1.82, 2.24) is 15.1 Å². The number of aromatic nitrogens is 2. The van der Waals surface area contributed by atoms with E-state index in [0.717, 1.165) is 5.56 Å². The summed E-state index contributed by atoms with van der Waals surface area (Å²) in [6.45, 7) is 1.94. The third-order valence-electron chi connectivity index (χ3n) is 3.04. The van der Waals surface area contributed by atoms with Crippen LogP contribution < -0.4 is 16.4 Å². The summed E-state index contributed by atoms with van der Waals surface area (Å²) in [4.78, 5) is 23.4. The first kappa shape index (κ1) is 14.6. The Morgan fingerprint density at radius 3 is 2.86 bits per heavy atom. The van der Waals surface area contributed by atoms with Crippen LogP contribution in [0.4, 0.5) is 11.4 Å². The number of anilines is 2. The fourth-order valence-corrected chi connectivity index (χ4v) is 1.82. The van der Waals surface area contributed by atoms with Crippen molar-refractivity contribution in [3.8, 4) is 0 Å². The summed E-state index contributed by atoms with van der Waals surface area (Å²) < 4.78 is 1.44. The SMILES string of the molecule is CNC(=O)Cn1cc(NC(=O)c2cccc(C)c2N)cn1. The van der Waals surface area contributed by atoms with Gasteiger partial charge in [0.1, 0.15) is 6.54 Å². The highest BCUT2D eigenvalue weighted by atomic mass is 16.2. The van der Waals surface area contributed by atoms with Gasteiger partial charge in [-0.3, -0.25) is 14.3 Å². The van der Waals surface area contributed by atoms with Gasteiger partial charge >= 0.3 is 0 Å². The van der Waals surface area contributed by atoms with E-state index in [4.69, 9.17) is 5.73 Å². The lowest BCUT2D eigenvalue weighted by Gasteiger charge is -2.07. The van der Waals surface area contributed by atoms with Gasteiger partial charge in [-0.2, -0.15) is 5.10 Å². The molecule has 2 rings (SSSR count). The second-order valence-corrected chi connectivity index (χ2v) is 4.59. The predicted octanol–water partition coefficient (Wildman–Crippen LogP) is 0.772. The predicted molar refractivity (Wildman–Crippen MR) is 79.8 cm³/mol. The summed E-state index contributed by atoms with van der Waals surface area (Å²) in [6.07, 6.45) is 3.06. The van der Waals surface area contributed by atoms with Gasteiger partial charge in [0.05, 0.1) is 17.4 Å². The molecule has 1 aromatic heterocycles. The van der Waals surface area contributed by atoms with Crippen LogP contribution in [0.15, 0.2) is 30.6 Å². The highest BCUT2D eigenvalue weighted by molar-refractivity contribution is 6.08. The third-order valence-corrected chi connectivity index (χ3v) is 3.04. The molecule has 0 aliphatic carbocycles. The van der Waals surface area contributed by atoms with Gasteiger partial charge in [0, 0.05) is 18.9 Å². The summed E-state index contributed by atoms with van der Waals surface area (Å²) in [5.41, 5.74) is 8.10. The molecule has 110 valence electrons. The molecule has 2 amide bonds. The van der Waals surface area contributed by atoms with Crippen molar-refractivity contribution < 1.29 is 9.59 Å². The number of nitrogens with one attached hydrogen (secondary N) is 2. The number of hydrogen-bond donors (Lipinski definition) is 3. The fraction of sp³-hybridized carbons (Fsp3) is 0.214. The molecule has 0 aliphatic rings. The molecule has 0 fully saturated rings. The molecule has 0 atom stereocenters. The minimum absolute atomic E-state index is 0.0962. The second kappa shape index (κ2) is 6.08. The maximum atomic E-state index is 12.2. The molecule has 1 heterocycles. The molecule has 0 saturated carbocycles. The van der Waals surface area contributed by atoms with Gasteiger partial charge in [0.15, 0.2) is 0 Å². The van der Waals surface area contributed by atoms with E-state index < -0.39 is 0 Å². The fourth-order valence-electron chi connectivity index (χ4n) is 1.82. The van der Waals surface area contributed by atoms with Gasteiger partial charge in [-0.05, 0) is 18.6 Å². The topological polar surface area (TPSA) is 102 Å². The number of nitrogens with two attached hydrogens (primary N) is 1. The average Bonchev–Trinajstić information content (AvgIpc) is 2.88. The van der Waals surface area contributed by atoms with Crippen molar-refractivity contribution in [2.75, 3.05) is 18.1 Å². The van der Waals surface area contributed by atoms with E-state index >= 15 is 0 Å². The van der Waals surface area contributed by atoms with Crippen molar-refractivity contribution in [1.29, 1.82) is 0 Å². The lowest BCUT2D eigenvalue weighted by atomic mass is 10.1. The molecule has 7 nitrogen and oxygen atoms in total. The average molecular weight is 287 g/mol. The molecule has 1 aromatic carbocycles.